The summed E-state index contributed by atoms with van der Waals surface area (Å²) in [7, 11) is 0. The molecule has 0 fully saturated rings. The van der Waals surface area contributed by atoms with E-state index in [0.29, 0.717) is 5.56 Å². The number of hydrogen-bond donors (Lipinski definition) is 2. The van der Waals surface area contributed by atoms with Gasteiger partial charge in [0.15, 0.2) is 0 Å². The molecule has 2 amide bonds. The molecule has 5 nitrogen and oxygen atoms in total. The Morgan fingerprint density at radius 1 is 0.786 bits per heavy atom. The first-order valence-corrected chi connectivity index (χ1v) is 9.07. The third-order valence-electron chi connectivity index (χ3n) is 4.74. The van der Waals surface area contributed by atoms with E-state index in [0.717, 1.165) is 33.6 Å². The third-order valence-corrected chi connectivity index (χ3v) is 4.74. The number of aromatic nitrogens is 1. The summed E-state index contributed by atoms with van der Waals surface area (Å²) >= 11 is 0. The van der Waals surface area contributed by atoms with Gasteiger partial charge in [0.1, 0.15) is 5.69 Å². The van der Waals surface area contributed by atoms with Gasteiger partial charge in [-0.2, -0.15) is 0 Å². The molecule has 0 saturated heterocycles. The SMILES string of the molecule is Cc1ccc(NC(=O)c2cc(C(=O)Nc3cccc(C)c3C)ccn2)c(C)c1. The highest BCUT2D eigenvalue weighted by Crippen LogP contribution is 2.20. The van der Waals surface area contributed by atoms with Gasteiger partial charge in [0.25, 0.3) is 11.8 Å². The first-order valence-electron chi connectivity index (χ1n) is 9.07. The van der Waals surface area contributed by atoms with E-state index < -0.39 is 0 Å². The van der Waals surface area contributed by atoms with Crippen molar-refractivity contribution in [1.29, 1.82) is 0 Å². The van der Waals surface area contributed by atoms with Gasteiger partial charge in [0, 0.05) is 23.1 Å². The van der Waals surface area contributed by atoms with E-state index in [1.54, 1.807) is 6.07 Å². The summed E-state index contributed by atoms with van der Waals surface area (Å²) in [6, 6.07) is 14.6. The number of rotatable bonds is 4. The first kappa shape index (κ1) is 19.3. The number of amides is 2. The van der Waals surface area contributed by atoms with E-state index in [-0.39, 0.29) is 17.5 Å². The first-order chi connectivity index (χ1) is 13.3. The second-order valence-corrected chi connectivity index (χ2v) is 6.90. The normalized spacial score (nSPS) is 10.4. The van der Waals surface area contributed by atoms with Crippen molar-refractivity contribution in [3.63, 3.8) is 0 Å². The van der Waals surface area contributed by atoms with Crippen LogP contribution in [-0.2, 0) is 0 Å². The summed E-state index contributed by atoms with van der Waals surface area (Å²) in [5, 5.41) is 5.75. The van der Waals surface area contributed by atoms with E-state index in [9.17, 15) is 9.59 Å². The quantitative estimate of drug-likeness (QED) is 0.689. The summed E-state index contributed by atoms with van der Waals surface area (Å²) in [5.41, 5.74) is 6.25. The molecule has 0 aliphatic rings. The average molecular weight is 373 g/mol. The zero-order valence-electron chi connectivity index (χ0n) is 16.5. The highest BCUT2D eigenvalue weighted by molar-refractivity contribution is 6.08. The van der Waals surface area contributed by atoms with Gasteiger partial charge in [0.2, 0.25) is 0 Å². The smallest absolute Gasteiger partial charge is 0.274 e. The number of carbonyl (C=O) groups is 2. The van der Waals surface area contributed by atoms with Crippen LogP contribution in [-0.4, -0.2) is 16.8 Å². The molecule has 0 atom stereocenters. The fraction of sp³-hybridized carbons (Fsp3) is 0.174. The van der Waals surface area contributed by atoms with Crippen LogP contribution in [0, 0.1) is 27.7 Å². The number of nitrogens with one attached hydrogen (secondary N) is 2. The van der Waals surface area contributed by atoms with Gasteiger partial charge in [-0.15, -0.1) is 0 Å². The Morgan fingerprint density at radius 3 is 2.29 bits per heavy atom. The molecule has 3 rings (SSSR count). The van der Waals surface area contributed by atoms with Crippen LogP contribution >= 0.6 is 0 Å². The van der Waals surface area contributed by atoms with Gasteiger partial charge >= 0.3 is 0 Å². The van der Waals surface area contributed by atoms with Gasteiger partial charge in [0.05, 0.1) is 0 Å². The molecular formula is C23H23N3O2. The van der Waals surface area contributed by atoms with Gasteiger partial charge in [-0.25, -0.2) is 0 Å². The summed E-state index contributed by atoms with van der Waals surface area (Å²) in [4.78, 5) is 29.3. The summed E-state index contributed by atoms with van der Waals surface area (Å²) in [5.74, 6) is -0.634. The molecule has 0 bridgehead atoms. The lowest BCUT2D eigenvalue weighted by molar-refractivity contribution is 0.102. The second kappa shape index (κ2) is 8.05. The molecule has 142 valence electrons. The highest BCUT2D eigenvalue weighted by atomic mass is 16.2. The van der Waals surface area contributed by atoms with E-state index in [1.165, 1.54) is 12.3 Å². The lowest BCUT2D eigenvalue weighted by Crippen LogP contribution is -2.17. The van der Waals surface area contributed by atoms with Crippen LogP contribution in [0.4, 0.5) is 11.4 Å². The fourth-order valence-electron chi connectivity index (χ4n) is 2.92. The van der Waals surface area contributed by atoms with Crippen LogP contribution < -0.4 is 10.6 Å². The fourth-order valence-corrected chi connectivity index (χ4v) is 2.92. The molecule has 0 radical (unpaired) electrons. The maximum absolute atomic E-state index is 12.6. The maximum Gasteiger partial charge on any atom is 0.274 e. The zero-order valence-corrected chi connectivity index (χ0v) is 16.5. The molecule has 1 heterocycles. The Balaban J connectivity index is 1.78. The Hall–Kier alpha value is -3.47. The standard InChI is InChI=1S/C23H23N3O2/c1-14-8-9-19(16(3)12-14)25-23(28)21-13-18(10-11-24-21)22(27)26-20-7-5-6-15(2)17(20)4/h5-13H,1-4H3,(H,25,28)(H,26,27). The largest absolute Gasteiger partial charge is 0.322 e. The van der Waals surface area contributed by atoms with Crippen LogP contribution in [0.2, 0.25) is 0 Å². The molecule has 2 N–H and O–H groups in total. The van der Waals surface area contributed by atoms with Crippen molar-refractivity contribution in [3.05, 3.63) is 88.2 Å². The van der Waals surface area contributed by atoms with Crippen LogP contribution in [0.3, 0.4) is 0 Å². The van der Waals surface area contributed by atoms with Crippen molar-refractivity contribution >= 4 is 23.2 Å². The number of pyridine rings is 1. The summed E-state index contributed by atoms with van der Waals surface area (Å²) in [6.45, 7) is 7.88. The van der Waals surface area contributed by atoms with Crippen molar-refractivity contribution in [2.45, 2.75) is 27.7 Å². The number of nitrogens with zero attached hydrogens (tertiary/aromatic N) is 1. The van der Waals surface area contributed by atoms with Gasteiger partial charge in [-0.1, -0.05) is 29.8 Å². The van der Waals surface area contributed by atoms with Gasteiger partial charge in [-0.05, 0) is 68.7 Å². The molecule has 28 heavy (non-hydrogen) atoms. The van der Waals surface area contributed by atoms with E-state index in [4.69, 9.17) is 0 Å². The lowest BCUT2D eigenvalue weighted by Gasteiger charge is -2.11. The molecule has 0 saturated carbocycles. The van der Waals surface area contributed by atoms with Crippen molar-refractivity contribution in [2.24, 2.45) is 0 Å². The predicted octanol–water partition coefficient (Wildman–Crippen LogP) is 4.82. The monoisotopic (exact) mass is 373 g/mol. The van der Waals surface area contributed by atoms with Crippen LogP contribution in [0.5, 0.6) is 0 Å². The van der Waals surface area contributed by atoms with Gasteiger partial charge < -0.3 is 10.6 Å². The Kier molecular flexibility index (Phi) is 5.54. The molecule has 0 unspecified atom stereocenters. The summed E-state index contributed by atoms with van der Waals surface area (Å²) in [6.07, 6.45) is 1.47. The molecule has 2 aromatic carbocycles. The molecule has 3 aromatic rings. The minimum Gasteiger partial charge on any atom is -0.322 e. The second-order valence-electron chi connectivity index (χ2n) is 6.90. The van der Waals surface area contributed by atoms with Crippen molar-refractivity contribution in [2.75, 3.05) is 10.6 Å². The van der Waals surface area contributed by atoms with E-state index >= 15 is 0 Å². The van der Waals surface area contributed by atoms with Crippen LogP contribution in [0.15, 0.2) is 54.7 Å². The van der Waals surface area contributed by atoms with Crippen LogP contribution in [0.1, 0.15) is 43.1 Å². The molecule has 0 aliphatic heterocycles. The topological polar surface area (TPSA) is 71.1 Å². The molecule has 5 heteroatoms. The maximum atomic E-state index is 12.6. The van der Waals surface area contributed by atoms with Crippen molar-refractivity contribution in [1.82, 2.24) is 4.98 Å². The highest BCUT2D eigenvalue weighted by Gasteiger charge is 2.14. The minimum absolute atomic E-state index is 0.189. The van der Waals surface area contributed by atoms with Crippen molar-refractivity contribution in [3.8, 4) is 0 Å². The Morgan fingerprint density at radius 2 is 1.54 bits per heavy atom. The predicted molar refractivity (Wildman–Crippen MR) is 112 cm³/mol. The zero-order chi connectivity index (χ0) is 20.3. The number of aryl methyl sites for hydroxylation is 3. The molecule has 0 aliphatic carbocycles. The molecule has 1 aromatic heterocycles. The Bertz CT molecular complexity index is 1060. The molecule has 0 spiro atoms. The summed E-state index contributed by atoms with van der Waals surface area (Å²) < 4.78 is 0. The minimum atomic E-state index is -0.353. The number of anilines is 2. The number of hydrogen-bond acceptors (Lipinski definition) is 3. The van der Waals surface area contributed by atoms with Crippen molar-refractivity contribution < 1.29 is 9.59 Å². The van der Waals surface area contributed by atoms with Gasteiger partial charge in [-0.3, -0.25) is 14.6 Å². The number of benzene rings is 2. The number of carbonyl (C=O) groups excluding carboxylic acids is 2. The Labute approximate surface area is 164 Å². The van der Waals surface area contributed by atoms with Crippen LogP contribution in [0.25, 0.3) is 0 Å². The lowest BCUT2D eigenvalue weighted by atomic mass is 10.1. The average Bonchev–Trinajstić information content (AvgIpc) is 2.67. The van der Waals surface area contributed by atoms with E-state index in [2.05, 4.69) is 15.6 Å². The van der Waals surface area contributed by atoms with E-state index in [1.807, 2.05) is 64.1 Å². The molecular weight excluding hydrogens is 350 g/mol. The third kappa shape index (κ3) is 4.26.